The predicted octanol–water partition coefficient (Wildman–Crippen LogP) is 3.76. The van der Waals surface area contributed by atoms with Gasteiger partial charge in [0.25, 0.3) is 0 Å². The van der Waals surface area contributed by atoms with Gasteiger partial charge in [0.1, 0.15) is 17.2 Å². The molecule has 1 heterocycles. The minimum atomic E-state index is -0.218. The third-order valence-electron chi connectivity index (χ3n) is 3.61. The van der Waals surface area contributed by atoms with E-state index in [-0.39, 0.29) is 5.82 Å². The molecule has 3 rings (SSSR count). The number of halogens is 1. The summed E-state index contributed by atoms with van der Waals surface area (Å²) in [5.41, 5.74) is 9.68. The van der Waals surface area contributed by atoms with Crippen LogP contribution in [0.2, 0.25) is 0 Å². The van der Waals surface area contributed by atoms with E-state index < -0.39 is 0 Å². The Morgan fingerprint density at radius 2 is 1.90 bits per heavy atom. The zero-order valence-corrected chi connectivity index (χ0v) is 12.0. The van der Waals surface area contributed by atoms with E-state index in [0.29, 0.717) is 12.1 Å². The van der Waals surface area contributed by atoms with Crippen LogP contribution in [0.4, 0.5) is 10.1 Å². The normalized spacial score (nSPS) is 11.1. The number of nitrogens with zero attached hydrogens (tertiary/aromatic N) is 2. The maximum absolute atomic E-state index is 13.0. The molecule has 0 aliphatic heterocycles. The van der Waals surface area contributed by atoms with Crippen LogP contribution in [0.3, 0.4) is 0 Å². The van der Waals surface area contributed by atoms with Gasteiger partial charge in [0.2, 0.25) is 0 Å². The highest BCUT2D eigenvalue weighted by molar-refractivity contribution is 5.87. The lowest BCUT2D eigenvalue weighted by Gasteiger charge is -2.08. The number of nitrogen functional groups attached to an aromatic ring is 1. The molecule has 0 unspecified atom stereocenters. The Morgan fingerprint density at radius 1 is 1.14 bits per heavy atom. The number of para-hydroxylation sites is 1. The van der Waals surface area contributed by atoms with Crippen LogP contribution in [0.15, 0.2) is 42.5 Å². The second kappa shape index (κ2) is 5.56. The van der Waals surface area contributed by atoms with Crippen LogP contribution in [0.5, 0.6) is 0 Å². The van der Waals surface area contributed by atoms with E-state index >= 15 is 0 Å². The average Bonchev–Trinajstić information content (AvgIpc) is 2.82. The van der Waals surface area contributed by atoms with Gasteiger partial charge >= 0.3 is 0 Å². The largest absolute Gasteiger partial charge is 0.397 e. The lowest BCUT2D eigenvalue weighted by atomic mass is 10.1. The monoisotopic (exact) mass is 283 g/mol. The summed E-state index contributed by atoms with van der Waals surface area (Å²) in [5.74, 6) is 0.751. The van der Waals surface area contributed by atoms with Gasteiger partial charge in [-0.15, -0.1) is 0 Å². The number of benzene rings is 2. The van der Waals surface area contributed by atoms with Gasteiger partial charge in [0.05, 0.1) is 11.2 Å². The maximum Gasteiger partial charge on any atom is 0.123 e. The Morgan fingerprint density at radius 3 is 2.62 bits per heavy atom. The topological polar surface area (TPSA) is 43.8 Å². The predicted molar refractivity (Wildman–Crippen MR) is 83.6 cm³/mol. The van der Waals surface area contributed by atoms with Crippen molar-refractivity contribution in [2.24, 2.45) is 0 Å². The minimum Gasteiger partial charge on any atom is -0.397 e. The van der Waals surface area contributed by atoms with Gasteiger partial charge in [-0.1, -0.05) is 25.1 Å². The first-order valence-electron chi connectivity index (χ1n) is 7.17. The first-order valence-corrected chi connectivity index (χ1v) is 7.17. The summed E-state index contributed by atoms with van der Waals surface area (Å²) in [6, 6.07) is 12.4. The van der Waals surface area contributed by atoms with Crippen LogP contribution in [0.25, 0.3) is 11.0 Å². The van der Waals surface area contributed by atoms with Gasteiger partial charge in [-0.3, -0.25) is 0 Å². The molecule has 108 valence electrons. The molecule has 3 nitrogen and oxygen atoms in total. The third-order valence-corrected chi connectivity index (χ3v) is 3.61. The smallest absolute Gasteiger partial charge is 0.123 e. The zero-order chi connectivity index (χ0) is 14.8. The van der Waals surface area contributed by atoms with E-state index in [9.17, 15) is 4.39 Å². The summed E-state index contributed by atoms with van der Waals surface area (Å²) in [6.45, 7) is 3.04. The van der Waals surface area contributed by atoms with Crippen molar-refractivity contribution in [3.8, 4) is 0 Å². The number of hydrogen-bond donors (Lipinski definition) is 1. The third kappa shape index (κ3) is 2.61. The fourth-order valence-corrected chi connectivity index (χ4v) is 2.61. The van der Waals surface area contributed by atoms with Crippen molar-refractivity contribution >= 4 is 16.7 Å². The molecule has 2 aromatic carbocycles. The Balaban J connectivity index is 2.06. The number of rotatable bonds is 4. The first-order chi connectivity index (χ1) is 10.2. The van der Waals surface area contributed by atoms with E-state index in [2.05, 4.69) is 11.5 Å². The summed E-state index contributed by atoms with van der Waals surface area (Å²) in [5, 5.41) is 0. The fraction of sp³-hybridized carbons (Fsp3) is 0.235. The lowest BCUT2D eigenvalue weighted by molar-refractivity contribution is 0.626. The molecule has 0 saturated heterocycles. The molecular formula is C17H18FN3. The van der Waals surface area contributed by atoms with E-state index in [1.807, 2.05) is 18.2 Å². The van der Waals surface area contributed by atoms with Crippen molar-refractivity contribution in [2.45, 2.75) is 26.3 Å². The number of imidazole rings is 1. The van der Waals surface area contributed by atoms with Gasteiger partial charge in [0.15, 0.2) is 0 Å². The van der Waals surface area contributed by atoms with Gasteiger partial charge in [-0.25, -0.2) is 9.37 Å². The number of nitrogens with two attached hydrogens (primary N) is 1. The van der Waals surface area contributed by atoms with Crippen LogP contribution in [-0.2, 0) is 13.0 Å². The standard InChI is InChI=1S/C17H18FN3/c1-2-10-21-15-5-3-4-14(19)17(15)20-16(21)11-12-6-8-13(18)9-7-12/h3-9H,2,10-11,19H2,1H3. The van der Waals surface area contributed by atoms with Gasteiger partial charge < -0.3 is 10.3 Å². The summed E-state index contributed by atoms with van der Waals surface area (Å²) in [4.78, 5) is 4.69. The highest BCUT2D eigenvalue weighted by Crippen LogP contribution is 2.23. The average molecular weight is 283 g/mol. The second-order valence-electron chi connectivity index (χ2n) is 5.20. The highest BCUT2D eigenvalue weighted by atomic mass is 19.1. The summed E-state index contributed by atoms with van der Waals surface area (Å²) < 4.78 is 15.2. The van der Waals surface area contributed by atoms with Gasteiger partial charge in [-0.05, 0) is 36.2 Å². The Kier molecular flexibility index (Phi) is 3.60. The molecule has 0 amide bonds. The summed E-state index contributed by atoms with van der Waals surface area (Å²) in [6.07, 6.45) is 1.70. The van der Waals surface area contributed by atoms with E-state index in [1.54, 1.807) is 12.1 Å². The van der Waals surface area contributed by atoms with Crippen LogP contribution in [0, 0.1) is 5.82 Å². The van der Waals surface area contributed by atoms with E-state index in [4.69, 9.17) is 10.7 Å². The van der Waals surface area contributed by atoms with Crippen LogP contribution >= 0.6 is 0 Å². The molecule has 1 aromatic heterocycles. The molecule has 0 radical (unpaired) electrons. The second-order valence-corrected chi connectivity index (χ2v) is 5.20. The molecule has 0 saturated carbocycles. The van der Waals surface area contributed by atoms with Crippen molar-refractivity contribution in [3.63, 3.8) is 0 Å². The number of hydrogen-bond acceptors (Lipinski definition) is 2. The molecule has 0 bridgehead atoms. The summed E-state index contributed by atoms with van der Waals surface area (Å²) in [7, 11) is 0. The SMILES string of the molecule is CCCn1c(Cc2ccc(F)cc2)nc2c(N)cccc21. The number of fused-ring (bicyclic) bond motifs is 1. The Labute approximate surface area is 123 Å². The highest BCUT2D eigenvalue weighted by Gasteiger charge is 2.12. The fourth-order valence-electron chi connectivity index (χ4n) is 2.61. The molecule has 0 aliphatic carbocycles. The summed E-state index contributed by atoms with van der Waals surface area (Å²) >= 11 is 0. The van der Waals surface area contributed by atoms with Crippen LogP contribution in [-0.4, -0.2) is 9.55 Å². The molecular weight excluding hydrogens is 265 g/mol. The Hall–Kier alpha value is -2.36. The van der Waals surface area contributed by atoms with Gasteiger partial charge in [-0.2, -0.15) is 0 Å². The number of aromatic nitrogens is 2. The molecule has 0 fully saturated rings. The molecule has 0 aliphatic rings. The van der Waals surface area contributed by atoms with E-state index in [1.165, 1.54) is 12.1 Å². The molecule has 4 heteroatoms. The Bertz CT molecular complexity index is 760. The van der Waals surface area contributed by atoms with Gasteiger partial charge in [0, 0.05) is 13.0 Å². The lowest BCUT2D eigenvalue weighted by Crippen LogP contribution is -2.04. The molecule has 21 heavy (non-hydrogen) atoms. The van der Waals surface area contributed by atoms with E-state index in [0.717, 1.165) is 35.4 Å². The first kappa shape index (κ1) is 13.6. The van der Waals surface area contributed by atoms with Crippen LogP contribution in [0.1, 0.15) is 24.7 Å². The quantitative estimate of drug-likeness (QED) is 0.741. The molecule has 2 N–H and O–H groups in total. The minimum absolute atomic E-state index is 0.218. The van der Waals surface area contributed by atoms with Crippen LogP contribution < -0.4 is 5.73 Å². The zero-order valence-electron chi connectivity index (χ0n) is 12.0. The maximum atomic E-state index is 13.0. The molecule has 0 spiro atoms. The van der Waals surface area contributed by atoms with Crippen molar-refractivity contribution in [1.82, 2.24) is 9.55 Å². The van der Waals surface area contributed by atoms with Crippen molar-refractivity contribution in [1.29, 1.82) is 0 Å². The molecule has 0 atom stereocenters. The van der Waals surface area contributed by atoms with Crippen molar-refractivity contribution in [2.75, 3.05) is 5.73 Å². The molecule has 3 aromatic rings. The van der Waals surface area contributed by atoms with Crippen molar-refractivity contribution in [3.05, 3.63) is 59.7 Å². The number of aryl methyl sites for hydroxylation is 1. The number of anilines is 1. The van der Waals surface area contributed by atoms with Crippen molar-refractivity contribution < 1.29 is 4.39 Å².